The minimum atomic E-state index is -1.18. The Morgan fingerprint density at radius 2 is 2.05 bits per heavy atom. The van der Waals surface area contributed by atoms with Crippen LogP contribution in [0.1, 0.15) is 16.1 Å². The fourth-order valence-corrected chi connectivity index (χ4v) is 2.20. The van der Waals surface area contributed by atoms with E-state index < -0.39 is 10.9 Å². The van der Waals surface area contributed by atoms with Crippen LogP contribution in [0.15, 0.2) is 40.8 Å². The zero-order chi connectivity index (χ0) is 15.9. The predicted molar refractivity (Wildman–Crippen MR) is 77.8 cm³/mol. The van der Waals surface area contributed by atoms with Crippen molar-refractivity contribution < 1.29 is 19.2 Å². The van der Waals surface area contributed by atoms with Crippen molar-refractivity contribution in [3.63, 3.8) is 0 Å². The second-order valence-corrected chi connectivity index (χ2v) is 4.73. The maximum atomic E-state index is 11.5. The third-order valence-corrected chi connectivity index (χ3v) is 3.23. The highest BCUT2D eigenvalue weighted by atomic mass is 16.6. The lowest BCUT2D eigenvalue weighted by molar-refractivity contribution is -0.384. The number of pyridine rings is 1. The number of rotatable bonds is 3. The van der Waals surface area contributed by atoms with E-state index in [1.165, 1.54) is 24.3 Å². The van der Waals surface area contributed by atoms with Crippen molar-refractivity contribution >= 4 is 22.6 Å². The highest BCUT2D eigenvalue weighted by Crippen LogP contribution is 2.28. The molecule has 2 heterocycles. The molecule has 0 aliphatic carbocycles. The summed E-state index contributed by atoms with van der Waals surface area (Å²) in [6.07, 6.45) is 0. The zero-order valence-corrected chi connectivity index (χ0v) is 11.4. The highest BCUT2D eigenvalue weighted by Gasteiger charge is 2.17. The lowest BCUT2D eigenvalue weighted by atomic mass is 10.1. The topological polar surface area (TPSA) is 106 Å². The Balaban J connectivity index is 2.29. The Morgan fingerprint density at radius 1 is 1.27 bits per heavy atom. The van der Waals surface area contributed by atoms with Crippen molar-refractivity contribution in [1.82, 2.24) is 4.98 Å². The molecule has 7 nitrogen and oxygen atoms in total. The van der Waals surface area contributed by atoms with Gasteiger partial charge >= 0.3 is 5.97 Å². The average Bonchev–Trinajstić information content (AvgIpc) is 2.91. The van der Waals surface area contributed by atoms with Gasteiger partial charge in [0.2, 0.25) is 0 Å². The maximum absolute atomic E-state index is 11.5. The van der Waals surface area contributed by atoms with Gasteiger partial charge < -0.3 is 9.52 Å². The summed E-state index contributed by atoms with van der Waals surface area (Å²) in [5.41, 5.74) is 0.484. The van der Waals surface area contributed by atoms with E-state index in [0.717, 1.165) is 0 Å². The Morgan fingerprint density at radius 3 is 2.64 bits per heavy atom. The number of nitrogens with zero attached hydrogens (tertiary/aromatic N) is 2. The van der Waals surface area contributed by atoms with Crippen molar-refractivity contribution in [2.75, 3.05) is 0 Å². The molecule has 1 N–H and O–H groups in total. The number of nitro benzene ring substituents is 1. The smallest absolute Gasteiger partial charge is 0.336 e. The molecule has 1 aromatic carbocycles. The molecule has 0 aliphatic rings. The summed E-state index contributed by atoms with van der Waals surface area (Å²) in [6, 6.07) is 8.73. The second-order valence-electron chi connectivity index (χ2n) is 4.73. The molecule has 0 amide bonds. The van der Waals surface area contributed by atoms with E-state index in [9.17, 15) is 20.0 Å². The van der Waals surface area contributed by atoms with E-state index in [1.807, 2.05) is 0 Å². The summed E-state index contributed by atoms with van der Waals surface area (Å²) >= 11 is 0. The molecule has 22 heavy (non-hydrogen) atoms. The molecule has 2 aromatic heterocycles. The second kappa shape index (κ2) is 4.96. The van der Waals surface area contributed by atoms with Gasteiger partial charge in [0.1, 0.15) is 11.5 Å². The normalized spacial score (nSPS) is 10.8. The number of aryl methyl sites for hydroxylation is 1. The Kier molecular flexibility index (Phi) is 3.10. The van der Waals surface area contributed by atoms with Crippen molar-refractivity contribution in [3.05, 3.63) is 57.8 Å². The van der Waals surface area contributed by atoms with E-state index in [-0.39, 0.29) is 16.6 Å². The standard InChI is InChI=1S/C15H10N2O5/c1-8-2-5-14(22-8)13-7-11(15(18)19)10-6-9(17(20)21)3-4-12(10)16-13/h2-7H,1H3,(H,18,19). The van der Waals surface area contributed by atoms with Gasteiger partial charge in [-0.25, -0.2) is 9.78 Å². The molecule has 110 valence electrons. The highest BCUT2D eigenvalue weighted by molar-refractivity contribution is 6.04. The fraction of sp³-hybridized carbons (Fsp3) is 0.0667. The maximum Gasteiger partial charge on any atom is 0.336 e. The molecule has 3 rings (SSSR count). The van der Waals surface area contributed by atoms with Crippen LogP contribution in [0.25, 0.3) is 22.4 Å². The Hall–Kier alpha value is -3.22. The van der Waals surface area contributed by atoms with Crippen LogP contribution in [-0.4, -0.2) is 21.0 Å². The summed E-state index contributed by atoms with van der Waals surface area (Å²) in [5, 5.41) is 20.4. The van der Waals surface area contributed by atoms with Crippen LogP contribution in [0.3, 0.4) is 0 Å². The molecule has 0 spiro atoms. The molecule has 7 heteroatoms. The number of hydrogen-bond acceptors (Lipinski definition) is 5. The minimum Gasteiger partial charge on any atom is -0.478 e. The number of aromatic carboxylic acids is 1. The van der Waals surface area contributed by atoms with E-state index in [2.05, 4.69) is 4.98 Å². The van der Waals surface area contributed by atoms with Crippen molar-refractivity contribution in [1.29, 1.82) is 0 Å². The number of nitro groups is 1. The van der Waals surface area contributed by atoms with Gasteiger partial charge in [-0.1, -0.05) is 0 Å². The van der Waals surface area contributed by atoms with Crippen LogP contribution in [0, 0.1) is 17.0 Å². The van der Waals surface area contributed by atoms with E-state index >= 15 is 0 Å². The molecule has 0 aliphatic heterocycles. The van der Waals surface area contributed by atoms with E-state index in [1.54, 1.807) is 19.1 Å². The summed E-state index contributed by atoms with van der Waals surface area (Å²) in [5.74, 6) is -0.0600. The van der Waals surface area contributed by atoms with Gasteiger partial charge in [0.15, 0.2) is 5.76 Å². The molecular weight excluding hydrogens is 288 g/mol. The van der Waals surface area contributed by atoms with Gasteiger partial charge in [-0.05, 0) is 31.2 Å². The minimum absolute atomic E-state index is 0.0576. The van der Waals surface area contributed by atoms with Gasteiger partial charge in [-0.3, -0.25) is 10.1 Å². The number of hydrogen-bond donors (Lipinski definition) is 1. The summed E-state index contributed by atoms with van der Waals surface area (Å²) in [4.78, 5) is 26.0. The first kappa shape index (κ1) is 13.7. The lowest BCUT2D eigenvalue weighted by Crippen LogP contribution is -2.01. The van der Waals surface area contributed by atoms with E-state index in [4.69, 9.17) is 4.42 Å². The van der Waals surface area contributed by atoms with Crippen molar-refractivity contribution in [2.24, 2.45) is 0 Å². The third kappa shape index (κ3) is 2.28. The first-order valence-electron chi connectivity index (χ1n) is 6.35. The largest absolute Gasteiger partial charge is 0.478 e. The lowest BCUT2D eigenvalue weighted by Gasteiger charge is -2.05. The molecule has 0 fully saturated rings. The third-order valence-electron chi connectivity index (χ3n) is 3.23. The quantitative estimate of drug-likeness (QED) is 0.586. The summed E-state index contributed by atoms with van der Waals surface area (Å²) in [6.45, 7) is 1.77. The SMILES string of the molecule is Cc1ccc(-c2cc(C(=O)O)c3cc([N+](=O)[O-])ccc3n2)o1. The van der Waals surface area contributed by atoms with E-state index in [0.29, 0.717) is 22.7 Å². The number of carboxylic acid groups (broad SMARTS) is 1. The van der Waals surface area contributed by atoms with Gasteiger partial charge in [-0.15, -0.1) is 0 Å². The van der Waals surface area contributed by atoms with Gasteiger partial charge in [0, 0.05) is 17.5 Å². The van der Waals surface area contributed by atoms with Crippen LogP contribution in [0.2, 0.25) is 0 Å². The summed E-state index contributed by atoms with van der Waals surface area (Å²) in [7, 11) is 0. The number of carboxylic acids is 1. The van der Waals surface area contributed by atoms with Gasteiger partial charge in [-0.2, -0.15) is 0 Å². The predicted octanol–water partition coefficient (Wildman–Crippen LogP) is 3.41. The molecule has 0 saturated heterocycles. The molecule has 0 radical (unpaired) electrons. The summed E-state index contributed by atoms with van der Waals surface area (Å²) < 4.78 is 5.45. The Labute approximate surface area is 124 Å². The van der Waals surface area contributed by atoms with Crippen LogP contribution in [0.4, 0.5) is 5.69 Å². The zero-order valence-electron chi connectivity index (χ0n) is 11.4. The molecule has 0 bridgehead atoms. The molecule has 0 saturated carbocycles. The van der Waals surface area contributed by atoms with Crippen LogP contribution in [0.5, 0.6) is 0 Å². The van der Waals surface area contributed by atoms with Gasteiger partial charge in [0.05, 0.1) is 16.0 Å². The first-order chi connectivity index (χ1) is 10.5. The number of carbonyl (C=O) groups is 1. The number of non-ortho nitro benzene ring substituents is 1. The van der Waals surface area contributed by atoms with Crippen LogP contribution >= 0.6 is 0 Å². The number of furan rings is 1. The van der Waals surface area contributed by atoms with Crippen LogP contribution in [-0.2, 0) is 0 Å². The average molecular weight is 298 g/mol. The molecular formula is C15H10N2O5. The van der Waals surface area contributed by atoms with Crippen molar-refractivity contribution in [2.45, 2.75) is 6.92 Å². The molecule has 3 aromatic rings. The molecule has 0 unspecified atom stereocenters. The Bertz CT molecular complexity index is 913. The first-order valence-corrected chi connectivity index (χ1v) is 6.35. The fourth-order valence-electron chi connectivity index (χ4n) is 2.20. The number of benzene rings is 1. The molecule has 0 atom stereocenters. The van der Waals surface area contributed by atoms with Crippen LogP contribution < -0.4 is 0 Å². The number of fused-ring (bicyclic) bond motifs is 1. The monoisotopic (exact) mass is 298 g/mol. The number of aromatic nitrogens is 1. The van der Waals surface area contributed by atoms with Gasteiger partial charge in [0.25, 0.3) is 5.69 Å². The van der Waals surface area contributed by atoms with Crippen molar-refractivity contribution in [3.8, 4) is 11.5 Å².